The summed E-state index contributed by atoms with van der Waals surface area (Å²) in [6.45, 7) is 3.98. The fraction of sp³-hybridized carbons (Fsp3) is 0.409. The van der Waals surface area contributed by atoms with E-state index in [2.05, 4.69) is 12.2 Å². The summed E-state index contributed by atoms with van der Waals surface area (Å²) in [4.78, 5) is 12.9. The zero-order chi connectivity index (χ0) is 21.6. The summed E-state index contributed by atoms with van der Waals surface area (Å²) in [6.07, 6.45) is 1.75. The van der Waals surface area contributed by atoms with Crippen molar-refractivity contribution in [2.24, 2.45) is 5.92 Å². The van der Waals surface area contributed by atoms with Crippen molar-refractivity contribution < 1.29 is 22.7 Å². The highest BCUT2D eigenvalue weighted by atomic mass is 32.2. The number of benzene rings is 2. The molecule has 0 saturated carbocycles. The van der Waals surface area contributed by atoms with Crippen LogP contribution < -0.4 is 10.1 Å². The lowest BCUT2D eigenvalue weighted by Gasteiger charge is -2.29. The van der Waals surface area contributed by atoms with Gasteiger partial charge in [0.1, 0.15) is 12.4 Å². The van der Waals surface area contributed by atoms with Gasteiger partial charge in [0.05, 0.1) is 17.1 Å². The third kappa shape index (κ3) is 5.38. The van der Waals surface area contributed by atoms with E-state index in [9.17, 15) is 13.2 Å². The molecule has 8 heteroatoms. The number of methoxy groups -OCH3 is 1. The van der Waals surface area contributed by atoms with Gasteiger partial charge in [0, 0.05) is 25.9 Å². The Bertz CT molecular complexity index is 952. The molecule has 1 amide bonds. The molecule has 3 rings (SSSR count). The highest BCUT2D eigenvalue weighted by Gasteiger charge is 2.28. The number of carbonyl (C=O) groups excluding carboxylic acids is 1. The molecule has 0 unspecified atom stereocenters. The Kier molecular flexibility index (Phi) is 7.47. The quantitative estimate of drug-likeness (QED) is 0.647. The van der Waals surface area contributed by atoms with Gasteiger partial charge in [-0.1, -0.05) is 19.1 Å². The van der Waals surface area contributed by atoms with Crippen molar-refractivity contribution in [1.29, 1.82) is 0 Å². The molecule has 30 heavy (non-hydrogen) atoms. The molecule has 1 fully saturated rings. The number of carbonyl (C=O) groups is 1. The fourth-order valence-electron chi connectivity index (χ4n) is 3.30. The van der Waals surface area contributed by atoms with Gasteiger partial charge in [0.2, 0.25) is 10.0 Å². The van der Waals surface area contributed by atoms with Crippen molar-refractivity contribution in [2.45, 2.75) is 24.7 Å². The molecule has 1 heterocycles. The largest absolute Gasteiger partial charge is 0.490 e. The van der Waals surface area contributed by atoms with E-state index < -0.39 is 10.0 Å². The van der Waals surface area contributed by atoms with Crippen LogP contribution in [0.25, 0.3) is 0 Å². The van der Waals surface area contributed by atoms with E-state index in [1.165, 1.54) is 16.4 Å². The summed E-state index contributed by atoms with van der Waals surface area (Å²) in [5.74, 6) is 0.685. The summed E-state index contributed by atoms with van der Waals surface area (Å²) in [7, 11) is -1.93. The van der Waals surface area contributed by atoms with E-state index >= 15 is 0 Å². The SMILES string of the molecule is COCCOc1ccccc1C(=O)Nc1ccc(S(=O)(=O)N2CCC(C)CC2)cc1. The van der Waals surface area contributed by atoms with Gasteiger partial charge < -0.3 is 14.8 Å². The number of hydrogen-bond donors (Lipinski definition) is 1. The summed E-state index contributed by atoms with van der Waals surface area (Å²) < 4.78 is 37.8. The van der Waals surface area contributed by atoms with E-state index in [4.69, 9.17) is 9.47 Å². The number of rotatable bonds is 8. The van der Waals surface area contributed by atoms with Crippen molar-refractivity contribution >= 4 is 21.6 Å². The van der Waals surface area contributed by atoms with Crippen molar-refractivity contribution in [3.05, 3.63) is 54.1 Å². The highest BCUT2D eigenvalue weighted by Crippen LogP contribution is 2.25. The number of piperidine rings is 1. The van der Waals surface area contributed by atoms with Crippen LogP contribution >= 0.6 is 0 Å². The zero-order valence-corrected chi connectivity index (χ0v) is 18.2. The number of hydrogen-bond acceptors (Lipinski definition) is 5. The number of para-hydroxylation sites is 1. The van der Waals surface area contributed by atoms with E-state index in [0.29, 0.717) is 49.2 Å². The maximum atomic E-state index is 12.8. The van der Waals surface area contributed by atoms with E-state index in [-0.39, 0.29) is 10.8 Å². The first kappa shape index (κ1) is 22.3. The van der Waals surface area contributed by atoms with Crippen LogP contribution in [0.4, 0.5) is 5.69 Å². The minimum atomic E-state index is -3.51. The van der Waals surface area contributed by atoms with Crippen LogP contribution in [0.3, 0.4) is 0 Å². The molecule has 0 aliphatic carbocycles. The normalized spacial score (nSPS) is 15.7. The van der Waals surface area contributed by atoms with Gasteiger partial charge in [0.15, 0.2) is 0 Å². The average molecular weight is 433 g/mol. The molecular formula is C22H28N2O5S. The van der Waals surface area contributed by atoms with Crippen LogP contribution in [0.1, 0.15) is 30.1 Å². The molecule has 1 aliphatic heterocycles. The van der Waals surface area contributed by atoms with Crippen LogP contribution in [0, 0.1) is 5.92 Å². The van der Waals surface area contributed by atoms with Gasteiger partial charge in [-0.15, -0.1) is 0 Å². The molecule has 0 atom stereocenters. The fourth-order valence-corrected chi connectivity index (χ4v) is 4.77. The molecule has 0 spiro atoms. The first-order valence-corrected chi connectivity index (χ1v) is 11.5. The standard InChI is InChI=1S/C22H28N2O5S/c1-17-11-13-24(14-12-17)30(26,27)19-9-7-18(8-10-19)23-22(25)20-5-3-4-6-21(20)29-16-15-28-2/h3-10,17H,11-16H2,1-2H3,(H,23,25). The van der Waals surface area contributed by atoms with Gasteiger partial charge in [-0.25, -0.2) is 8.42 Å². The van der Waals surface area contributed by atoms with Crippen LogP contribution in [0.2, 0.25) is 0 Å². The Morgan fingerprint density at radius 1 is 1.07 bits per heavy atom. The van der Waals surface area contributed by atoms with E-state index in [1.54, 1.807) is 43.5 Å². The molecule has 162 valence electrons. The minimum absolute atomic E-state index is 0.235. The Morgan fingerprint density at radius 2 is 1.73 bits per heavy atom. The molecule has 2 aromatic carbocycles. The van der Waals surface area contributed by atoms with Crippen molar-refractivity contribution in [3.8, 4) is 5.75 Å². The molecule has 2 aromatic rings. The predicted molar refractivity (Wildman–Crippen MR) is 115 cm³/mol. The van der Waals surface area contributed by atoms with Crippen LogP contribution in [-0.2, 0) is 14.8 Å². The van der Waals surface area contributed by atoms with Crippen LogP contribution in [-0.4, -0.2) is 52.0 Å². The van der Waals surface area contributed by atoms with Crippen molar-refractivity contribution in [2.75, 3.05) is 38.7 Å². The molecule has 1 N–H and O–H groups in total. The van der Waals surface area contributed by atoms with Crippen LogP contribution in [0.5, 0.6) is 5.75 Å². The Labute approximate surface area is 178 Å². The molecule has 7 nitrogen and oxygen atoms in total. The summed E-state index contributed by atoms with van der Waals surface area (Å²) in [6, 6.07) is 13.2. The molecule has 1 aliphatic rings. The van der Waals surface area contributed by atoms with Gasteiger partial charge >= 0.3 is 0 Å². The molecule has 0 aromatic heterocycles. The third-order valence-electron chi connectivity index (χ3n) is 5.17. The lowest BCUT2D eigenvalue weighted by molar-refractivity contribution is 0.101. The van der Waals surface area contributed by atoms with Crippen LogP contribution in [0.15, 0.2) is 53.4 Å². The highest BCUT2D eigenvalue weighted by molar-refractivity contribution is 7.89. The predicted octanol–water partition coefficient (Wildman–Crippen LogP) is 3.38. The maximum absolute atomic E-state index is 12.8. The second-order valence-corrected chi connectivity index (χ2v) is 9.34. The van der Waals surface area contributed by atoms with Crippen molar-refractivity contribution in [1.82, 2.24) is 4.31 Å². The number of amides is 1. The lowest BCUT2D eigenvalue weighted by atomic mass is 10.0. The second kappa shape index (κ2) is 10.1. The first-order chi connectivity index (χ1) is 14.4. The van der Waals surface area contributed by atoms with Gasteiger partial charge in [-0.2, -0.15) is 4.31 Å². The monoisotopic (exact) mass is 432 g/mol. The van der Waals surface area contributed by atoms with E-state index in [0.717, 1.165) is 12.8 Å². The number of ether oxygens (including phenoxy) is 2. The second-order valence-electron chi connectivity index (χ2n) is 7.40. The van der Waals surface area contributed by atoms with Gasteiger partial charge in [0.25, 0.3) is 5.91 Å². The third-order valence-corrected chi connectivity index (χ3v) is 7.08. The molecule has 0 radical (unpaired) electrons. The maximum Gasteiger partial charge on any atom is 0.259 e. The van der Waals surface area contributed by atoms with Gasteiger partial charge in [-0.05, 0) is 55.2 Å². The number of anilines is 1. The lowest BCUT2D eigenvalue weighted by Crippen LogP contribution is -2.37. The van der Waals surface area contributed by atoms with E-state index in [1.807, 2.05) is 0 Å². The zero-order valence-electron chi connectivity index (χ0n) is 17.3. The van der Waals surface area contributed by atoms with Gasteiger partial charge in [-0.3, -0.25) is 4.79 Å². The summed E-state index contributed by atoms with van der Waals surface area (Å²) >= 11 is 0. The molecular weight excluding hydrogens is 404 g/mol. The smallest absolute Gasteiger partial charge is 0.259 e. The summed E-state index contributed by atoms with van der Waals surface area (Å²) in [5, 5.41) is 2.79. The Morgan fingerprint density at radius 3 is 2.40 bits per heavy atom. The summed E-state index contributed by atoms with van der Waals surface area (Å²) in [5.41, 5.74) is 0.908. The number of sulfonamides is 1. The Balaban J connectivity index is 1.68. The topological polar surface area (TPSA) is 84.9 Å². The van der Waals surface area contributed by atoms with Crippen molar-refractivity contribution in [3.63, 3.8) is 0 Å². The number of nitrogens with zero attached hydrogens (tertiary/aromatic N) is 1. The molecule has 0 bridgehead atoms. The first-order valence-electron chi connectivity index (χ1n) is 10.0. The number of nitrogens with one attached hydrogen (secondary N) is 1. The minimum Gasteiger partial charge on any atom is -0.490 e. The Hall–Kier alpha value is -2.42. The molecule has 1 saturated heterocycles. The average Bonchev–Trinajstić information content (AvgIpc) is 2.75.